The third-order valence-corrected chi connectivity index (χ3v) is 3.91. The Balaban J connectivity index is 2.39. The Bertz CT molecular complexity index is 288. The van der Waals surface area contributed by atoms with Gasteiger partial charge in [0.25, 0.3) is 0 Å². The molecule has 2 N–H and O–H groups in total. The molecule has 0 aliphatic carbocycles. The summed E-state index contributed by atoms with van der Waals surface area (Å²) in [5.74, 6) is 0.852. The van der Waals surface area contributed by atoms with Crippen LogP contribution in [0.25, 0.3) is 0 Å². The lowest BCUT2D eigenvalue weighted by Gasteiger charge is -2.38. The summed E-state index contributed by atoms with van der Waals surface area (Å²) < 4.78 is 0. The smallest absolute Gasteiger partial charge is 0.240 e. The average molecular weight is 269 g/mol. The van der Waals surface area contributed by atoms with Crippen LogP contribution in [0.3, 0.4) is 0 Å². The third-order valence-electron chi connectivity index (χ3n) is 3.91. The quantitative estimate of drug-likeness (QED) is 0.842. The first-order valence-electron chi connectivity index (χ1n) is 7.48. The third kappa shape index (κ3) is 5.11. The van der Waals surface area contributed by atoms with Crippen molar-refractivity contribution < 1.29 is 4.79 Å². The van der Waals surface area contributed by atoms with Gasteiger partial charge in [-0.05, 0) is 24.3 Å². The first-order valence-corrected chi connectivity index (χ1v) is 7.48. The average Bonchev–Trinajstić information content (AvgIpc) is 2.34. The Kier molecular flexibility index (Phi) is 5.81. The van der Waals surface area contributed by atoms with Crippen LogP contribution in [0.5, 0.6) is 0 Å². The van der Waals surface area contributed by atoms with Crippen LogP contribution in [0.4, 0.5) is 0 Å². The maximum absolute atomic E-state index is 12.3. The van der Waals surface area contributed by atoms with Crippen LogP contribution in [0.2, 0.25) is 0 Å². The van der Waals surface area contributed by atoms with Gasteiger partial charge in [-0.1, -0.05) is 34.6 Å². The Morgan fingerprint density at radius 1 is 1.16 bits per heavy atom. The van der Waals surface area contributed by atoms with Crippen LogP contribution in [0.1, 0.15) is 41.0 Å². The van der Waals surface area contributed by atoms with E-state index in [4.69, 9.17) is 5.73 Å². The zero-order chi connectivity index (χ0) is 14.6. The second-order valence-electron chi connectivity index (χ2n) is 7.19. The summed E-state index contributed by atoms with van der Waals surface area (Å²) in [5, 5.41) is 0. The minimum absolute atomic E-state index is 0.107. The van der Waals surface area contributed by atoms with Crippen LogP contribution in [0, 0.1) is 11.3 Å². The van der Waals surface area contributed by atoms with Crippen molar-refractivity contribution in [3.63, 3.8) is 0 Å². The lowest BCUT2D eigenvalue weighted by atomic mass is 9.86. The molecule has 1 atom stereocenters. The van der Waals surface area contributed by atoms with Crippen molar-refractivity contribution in [1.29, 1.82) is 0 Å². The lowest BCUT2D eigenvalue weighted by Crippen LogP contribution is -2.56. The predicted molar refractivity (Wildman–Crippen MR) is 79.9 cm³/mol. The maximum atomic E-state index is 12.3. The first-order chi connectivity index (χ1) is 8.71. The molecule has 0 aromatic heterocycles. The number of carbonyl (C=O) groups excluding carboxylic acids is 1. The van der Waals surface area contributed by atoms with Crippen LogP contribution in [-0.4, -0.2) is 54.5 Å². The summed E-state index contributed by atoms with van der Waals surface area (Å²) in [6.45, 7) is 15.3. The molecule has 0 saturated carbocycles. The molecule has 19 heavy (non-hydrogen) atoms. The van der Waals surface area contributed by atoms with Crippen molar-refractivity contribution in [1.82, 2.24) is 9.80 Å². The molecular weight excluding hydrogens is 238 g/mol. The largest absolute Gasteiger partial charge is 0.339 e. The topological polar surface area (TPSA) is 49.6 Å². The molecule has 0 spiro atoms. The van der Waals surface area contributed by atoms with E-state index < -0.39 is 6.04 Å². The fourth-order valence-electron chi connectivity index (χ4n) is 2.20. The van der Waals surface area contributed by atoms with Gasteiger partial charge in [0, 0.05) is 26.2 Å². The molecular formula is C15H31N3O. The summed E-state index contributed by atoms with van der Waals surface area (Å²) >= 11 is 0. The van der Waals surface area contributed by atoms with E-state index in [0.29, 0.717) is 0 Å². The zero-order valence-electron chi connectivity index (χ0n) is 13.3. The normalized spacial score (nSPS) is 19.8. The van der Waals surface area contributed by atoms with Crippen LogP contribution < -0.4 is 5.73 Å². The number of piperazine rings is 1. The fourth-order valence-corrected chi connectivity index (χ4v) is 2.20. The molecule has 1 heterocycles. The number of carbonyl (C=O) groups is 1. The SMILES string of the molecule is CC(C)CCN1CCN(C(=O)[C@H](N)C(C)(C)C)CC1. The van der Waals surface area contributed by atoms with E-state index >= 15 is 0 Å². The highest BCUT2D eigenvalue weighted by atomic mass is 16.2. The number of rotatable bonds is 4. The molecule has 1 rings (SSSR count). The van der Waals surface area contributed by atoms with Gasteiger partial charge in [0.15, 0.2) is 0 Å². The molecule has 1 aliphatic heterocycles. The van der Waals surface area contributed by atoms with Gasteiger partial charge in [-0.3, -0.25) is 9.69 Å². The minimum atomic E-state index is -0.394. The van der Waals surface area contributed by atoms with E-state index in [1.165, 1.54) is 6.42 Å². The van der Waals surface area contributed by atoms with Gasteiger partial charge < -0.3 is 10.6 Å². The van der Waals surface area contributed by atoms with Crippen LogP contribution in [-0.2, 0) is 4.79 Å². The Hall–Kier alpha value is -0.610. The molecule has 0 aromatic carbocycles. The Morgan fingerprint density at radius 2 is 1.68 bits per heavy atom. The molecule has 1 saturated heterocycles. The van der Waals surface area contributed by atoms with Crippen molar-refractivity contribution in [2.24, 2.45) is 17.1 Å². The van der Waals surface area contributed by atoms with E-state index in [9.17, 15) is 4.79 Å². The summed E-state index contributed by atoms with van der Waals surface area (Å²) in [6.07, 6.45) is 1.23. The van der Waals surface area contributed by atoms with Crippen molar-refractivity contribution in [2.45, 2.75) is 47.1 Å². The number of nitrogens with two attached hydrogens (primary N) is 1. The molecule has 112 valence electrons. The second-order valence-corrected chi connectivity index (χ2v) is 7.19. The first kappa shape index (κ1) is 16.4. The van der Waals surface area contributed by atoms with Crippen molar-refractivity contribution in [3.05, 3.63) is 0 Å². The van der Waals surface area contributed by atoms with E-state index in [-0.39, 0.29) is 11.3 Å². The molecule has 4 heteroatoms. The van der Waals surface area contributed by atoms with E-state index in [1.54, 1.807) is 0 Å². The monoisotopic (exact) mass is 269 g/mol. The summed E-state index contributed by atoms with van der Waals surface area (Å²) in [4.78, 5) is 16.7. The van der Waals surface area contributed by atoms with Gasteiger partial charge in [-0.25, -0.2) is 0 Å². The van der Waals surface area contributed by atoms with Crippen LogP contribution >= 0.6 is 0 Å². The minimum Gasteiger partial charge on any atom is -0.339 e. The predicted octanol–water partition coefficient (Wildman–Crippen LogP) is 1.55. The van der Waals surface area contributed by atoms with Crippen molar-refractivity contribution >= 4 is 5.91 Å². The standard InChI is InChI=1S/C15H31N3O/c1-12(2)6-7-17-8-10-18(11-9-17)14(19)13(16)15(3,4)5/h12-13H,6-11,16H2,1-5H3/t13-/m0/s1. The molecule has 0 radical (unpaired) electrons. The molecule has 1 aliphatic rings. The van der Waals surface area contributed by atoms with Gasteiger partial charge in [0.2, 0.25) is 5.91 Å². The van der Waals surface area contributed by atoms with E-state index in [1.807, 2.05) is 25.7 Å². The zero-order valence-corrected chi connectivity index (χ0v) is 13.3. The number of amides is 1. The van der Waals surface area contributed by atoms with Gasteiger partial charge in [-0.15, -0.1) is 0 Å². The molecule has 0 unspecified atom stereocenters. The number of nitrogens with zero attached hydrogens (tertiary/aromatic N) is 2. The molecule has 0 bridgehead atoms. The summed E-state index contributed by atoms with van der Waals surface area (Å²) in [7, 11) is 0. The fraction of sp³-hybridized carbons (Fsp3) is 0.933. The summed E-state index contributed by atoms with van der Waals surface area (Å²) in [6, 6.07) is -0.394. The van der Waals surface area contributed by atoms with Gasteiger partial charge in [0.05, 0.1) is 6.04 Å². The van der Waals surface area contributed by atoms with Gasteiger partial charge in [-0.2, -0.15) is 0 Å². The Labute approximate surface area is 118 Å². The van der Waals surface area contributed by atoms with Crippen molar-refractivity contribution in [2.75, 3.05) is 32.7 Å². The Morgan fingerprint density at radius 3 is 2.11 bits per heavy atom. The highest BCUT2D eigenvalue weighted by Crippen LogP contribution is 2.19. The van der Waals surface area contributed by atoms with Gasteiger partial charge >= 0.3 is 0 Å². The van der Waals surface area contributed by atoms with E-state index in [0.717, 1.165) is 38.6 Å². The maximum Gasteiger partial charge on any atom is 0.240 e. The molecule has 0 aromatic rings. The van der Waals surface area contributed by atoms with Crippen molar-refractivity contribution in [3.8, 4) is 0 Å². The molecule has 1 amide bonds. The molecule has 1 fully saturated rings. The highest BCUT2D eigenvalue weighted by molar-refractivity contribution is 5.82. The number of hydrogen-bond donors (Lipinski definition) is 1. The second kappa shape index (κ2) is 6.71. The number of hydrogen-bond acceptors (Lipinski definition) is 3. The summed E-state index contributed by atoms with van der Waals surface area (Å²) in [5.41, 5.74) is 5.89. The highest BCUT2D eigenvalue weighted by Gasteiger charge is 2.32. The van der Waals surface area contributed by atoms with Gasteiger partial charge in [0.1, 0.15) is 0 Å². The van der Waals surface area contributed by atoms with E-state index in [2.05, 4.69) is 18.7 Å². The molecule has 4 nitrogen and oxygen atoms in total. The van der Waals surface area contributed by atoms with Crippen LogP contribution in [0.15, 0.2) is 0 Å². The lowest BCUT2D eigenvalue weighted by molar-refractivity contribution is -0.136.